The average molecular weight is 295 g/mol. The Morgan fingerprint density at radius 1 is 1.48 bits per heavy atom. The van der Waals surface area contributed by atoms with Crippen LogP contribution in [-0.2, 0) is 16.1 Å². The zero-order chi connectivity index (χ0) is 15.5. The molecule has 1 aliphatic rings. The van der Waals surface area contributed by atoms with E-state index in [9.17, 15) is 14.4 Å². The number of carbonyl (C=O) groups is 2. The minimum Gasteiger partial charge on any atom is -0.481 e. The third-order valence-corrected chi connectivity index (χ3v) is 3.50. The molecule has 8 nitrogen and oxygen atoms in total. The number of nitrogens with one attached hydrogen (secondary N) is 1. The van der Waals surface area contributed by atoms with Crippen molar-refractivity contribution in [1.82, 2.24) is 15.1 Å². The Morgan fingerprint density at radius 3 is 2.76 bits per heavy atom. The molecule has 1 fully saturated rings. The predicted octanol–water partition coefficient (Wildman–Crippen LogP) is -0.516. The molecule has 8 heteroatoms. The Kier molecular flexibility index (Phi) is 4.37. The van der Waals surface area contributed by atoms with E-state index in [-0.39, 0.29) is 24.3 Å². The first-order valence-electron chi connectivity index (χ1n) is 6.57. The van der Waals surface area contributed by atoms with Crippen molar-refractivity contribution in [1.29, 1.82) is 0 Å². The number of amides is 1. The highest BCUT2D eigenvalue weighted by Crippen LogP contribution is 2.45. The minimum atomic E-state index is -0.902. The van der Waals surface area contributed by atoms with Crippen LogP contribution < -0.4 is 10.9 Å². The lowest BCUT2D eigenvalue weighted by Crippen LogP contribution is -2.36. The van der Waals surface area contributed by atoms with Gasteiger partial charge in [0.25, 0.3) is 11.5 Å². The number of hydrogen-bond acceptors (Lipinski definition) is 5. The number of methoxy groups -OCH3 is 1. The maximum Gasteiger partial charge on any atom is 0.311 e. The lowest BCUT2D eigenvalue weighted by molar-refractivity contribution is -0.143. The molecule has 21 heavy (non-hydrogen) atoms. The van der Waals surface area contributed by atoms with Crippen molar-refractivity contribution >= 4 is 11.9 Å². The van der Waals surface area contributed by atoms with Crippen LogP contribution in [0.25, 0.3) is 0 Å². The number of carbonyl (C=O) groups excluding carboxylic acids is 1. The summed E-state index contributed by atoms with van der Waals surface area (Å²) in [6.07, 6.45) is 1.12. The summed E-state index contributed by atoms with van der Waals surface area (Å²) in [6, 6.07) is 2.57. The molecule has 1 heterocycles. The third-order valence-electron chi connectivity index (χ3n) is 3.50. The summed E-state index contributed by atoms with van der Waals surface area (Å²) in [6.45, 7) is 0.621. The van der Waals surface area contributed by atoms with E-state index in [1.54, 1.807) is 0 Å². The number of hydrogen-bond donors (Lipinski definition) is 2. The monoisotopic (exact) mass is 295 g/mol. The number of rotatable bonds is 7. The van der Waals surface area contributed by atoms with Crippen LogP contribution in [0.15, 0.2) is 16.9 Å². The van der Waals surface area contributed by atoms with Crippen molar-refractivity contribution in [3.05, 3.63) is 28.2 Å². The molecule has 0 unspecified atom stereocenters. The van der Waals surface area contributed by atoms with Gasteiger partial charge in [-0.15, -0.1) is 0 Å². The van der Waals surface area contributed by atoms with E-state index < -0.39 is 17.3 Å². The fourth-order valence-corrected chi connectivity index (χ4v) is 1.87. The van der Waals surface area contributed by atoms with Gasteiger partial charge < -0.3 is 15.2 Å². The molecule has 1 aromatic heterocycles. The fraction of sp³-hybridized carbons (Fsp3) is 0.538. The molecule has 0 aromatic carbocycles. The van der Waals surface area contributed by atoms with Crippen LogP contribution >= 0.6 is 0 Å². The second-order valence-electron chi connectivity index (χ2n) is 5.04. The largest absolute Gasteiger partial charge is 0.481 e. The van der Waals surface area contributed by atoms with Gasteiger partial charge in [0.2, 0.25) is 0 Å². The van der Waals surface area contributed by atoms with Crippen LogP contribution in [0.4, 0.5) is 0 Å². The van der Waals surface area contributed by atoms with Crippen molar-refractivity contribution in [3.63, 3.8) is 0 Å². The molecule has 2 rings (SSSR count). The highest BCUT2D eigenvalue weighted by molar-refractivity contribution is 5.92. The average Bonchev–Trinajstić information content (AvgIpc) is 3.25. The molecule has 2 N–H and O–H groups in total. The van der Waals surface area contributed by atoms with E-state index in [4.69, 9.17) is 9.84 Å². The molecular formula is C13H17N3O5. The second kappa shape index (κ2) is 6.04. The summed E-state index contributed by atoms with van der Waals surface area (Å²) in [5, 5.41) is 15.5. The number of nitrogens with zero attached hydrogens (tertiary/aromatic N) is 2. The number of aliphatic carboxylic acids is 1. The number of carboxylic acids is 1. The summed E-state index contributed by atoms with van der Waals surface area (Å²) < 4.78 is 6.00. The predicted molar refractivity (Wildman–Crippen MR) is 72.0 cm³/mol. The van der Waals surface area contributed by atoms with Gasteiger partial charge in [0.15, 0.2) is 0 Å². The topological polar surface area (TPSA) is 111 Å². The Morgan fingerprint density at radius 2 is 2.19 bits per heavy atom. The van der Waals surface area contributed by atoms with Crippen LogP contribution in [0.2, 0.25) is 0 Å². The second-order valence-corrected chi connectivity index (χ2v) is 5.04. The lowest BCUT2D eigenvalue weighted by Gasteiger charge is -2.11. The van der Waals surface area contributed by atoms with Gasteiger partial charge in [0.1, 0.15) is 5.69 Å². The molecular weight excluding hydrogens is 278 g/mol. The maximum absolute atomic E-state index is 12.0. The standard InChI is InChI=1S/C13H17N3O5/c1-21-7-6-16-10(17)3-2-9(15-16)11(18)14-8-13(4-5-13)12(19)20/h2-3H,4-8H2,1H3,(H,14,18)(H,19,20). The molecule has 1 aliphatic carbocycles. The van der Waals surface area contributed by atoms with E-state index in [0.29, 0.717) is 19.4 Å². The summed E-state index contributed by atoms with van der Waals surface area (Å²) >= 11 is 0. The smallest absolute Gasteiger partial charge is 0.311 e. The normalized spacial score (nSPS) is 15.5. The van der Waals surface area contributed by atoms with Gasteiger partial charge in [-0.3, -0.25) is 14.4 Å². The van der Waals surface area contributed by atoms with E-state index in [1.807, 2.05) is 0 Å². The van der Waals surface area contributed by atoms with Crippen LogP contribution in [-0.4, -0.2) is 47.0 Å². The Hall–Kier alpha value is -2.22. The van der Waals surface area contributed by atoms with Gasteiger partial charge >= 0.3 is 5.97 Å². The van der Waals surface area contributed by atoms with Crippen molar-refractivity contribution in [3.8, 4) is 0 Å². The highest BCUT2D eigenvalue weighted by atomic mass is 16.5. The van der Waals surface area contributed by atoms with E-state index in [0.717, 1.165) is 4.68 Å². The Labute approximate surface area is 120 Å². The first kappa shape index (κ1) is 15.2. The zero-order valence-electron chi connectivity index (χ0n) is 11.7. The van der Waals surface area contributed by atoms with Gasteiger partial charge in [-0.05, 0) is 18.9 Å². The van der Waals surface area contributed by atoms with E-state index in [2.05, 4.69) is 10.4 Å². The molecule has 0 radical (unpaired) electrons. The molecule has 114 valence electrons. The van der Waals surface area contributed by atoms with Gasteiger partial charge in [0, 0.05) is 19.7 Å². The summed E-state index contributed by atoms with van der Waals surface area (Å²) in [5.41, 5.74) is -1.08. The summed E-state index contributed by atoms with van der Waals surface area (Å²) in [7, 11) is 1.50. The van der Waals surface area contributed by atoms with Crippen molar-refractivity contribution in [2.24, 2.45) is 5.41 Å². The molecule has 0 bridgehead atoms. The lowest BCUT2D eigenvalue weighted by atomic mass is 10.1. The third kappa shape index (κ3) is 3.46. The van der Waals surface area contributed by atoms with E-state index >= 15 is 0 Å². The first-order chi connectivity index (χ1) is 9.98. The van der Waals surface area contributed by atoms with Gasteiger partial charge in [-0.2, -0.15) is 5.10 Å². The maximum atomic E-state index is 12.0. The molecule has 1 aromatic rings. The fourth-order valence-electron chi connectivity index (χ4n) is 1.87. The van der Waals surface area contributed by atoms with Crippen molar-refractivity contribution in [2.45, 2.75) is 19.4 Å². The number of carboxylic acid groups (broad SMARTS) is 1. The van der Waals surface area contributed by atoms with Crippen LogP contribution in [0.3, 0.4) is 0 Å². The minimum absolute atomic E-state index is 0.0695. The van der Waals surface area contributed by atoms with Gasteiger partial charge in [-0.1, -0.05) is 0 Å². The molecule has 0 spiro atoms. The van der Waals surface area contributed by atoms with Crippen molar-refractivity contribution < 1.29 is 19.4 Å². The van der Waals surface area contributed by atoms with Crippen molar-refractivity contribution in [2.75, 3.05) is 20.3 Å². The highest BCUT2D eigenvalue weighted by Gasteiger charge is 2.50. The molecule has 0 atom stereocenters. The molecule has 1 amide bonds. The van der Waals surface area contributed by atoms with Crippen LogP contribution in [0.5, 0.6) is 0 Å². The quantitative estimate of drug-likeness (QED) is 0.700. The summed E-state index contributed by atoms with van der Waals surface area (Å²) in [5.74, 6) is -1.39. The van der Waals surface area contributed by atoms with Gasteiger partial charge in [-0.25, -0.2) is 4.68 Å². The van der Waals surface area contributed by atoms with Crippen LogP contribution in [0.1, 0.15) is 23.3 Å². The SMILES string of the molecule is COCCn1nc(C(=O)NCC2(C(=O)O)CC2)ccc1=O. The van der Waals surface area contributed by atoms with Crippen LogP contribution in [0, 0.1) is 5.41 Å². The number of aromatic nitrogens is 2. The zero-order valence-corrected chi connectivity index (χ0v) is 11.7. The number of ether oxygens (including phenoxy) is 1. The Balaban J connectivity index is 2.02. The van der Waals surface area contributed by atoms with Gasteiger partial charge in [0.05, 0.1) is 18.6 Å². The molecule has 1 saturated carbocycles. The first-order valence-corrected chi connectivity index (χ1v) is 6.57. The molecule has 0 aliphatic heterocycles. The van der Waals surface area contributed by atoms with E-state index in [1.165, 1.54) is 19.2 Å². The Bertz CT molecular complexity index is 606. The summed E-state index contributed by atoms with van der Waals surface area (Å²) in [4.78, 5) is 34.5. The molecule has 0 saturated heterocycles.